The fraction of sp³-hybridized carbons (Fsp3) is 0.167. The first-order valence-electron chi connectivity index (χ1n) is 5.30. The Morgan fingerprint density at radius 3 is 2.78 bits per heavy atom. The van der Waals surface area contributed by atoms with Crippen molar-refractivity contribution < 1.29 is 9.53 Å². The van der Waals surface area contributed by atoms with Gasteiger partial charge in [-0.3, -0.25) is 9.59 Å². The number of anilines is 2. The van der Waals surface area contributed by atoms with Crippen LogP contribution in [0, 0.1) is 0 Å². The van der Waals surface area contributed by atoms with Crippen molar-refractivity contribution in [3.8, 4) is 5.75 Å². The highest BCUT2D eigenvalue weighted by Crippen LogP contribution is 2.30. The monoisotopic (exact) mass is 247 g/mol. The van der Waals surface area contributed by atoms with Crippen molar-refractivity contribution in [2.24, 2.45) is 0 Å². The van der Waals surface area contributed by atoms with Gasteiger partial charge >= 0.3 is 0 Å². The van der Waals surface area contributed by atoms with Gasteiger partial charge < -0.3 is 20.8 Å². The summed E-state index contributed by atoms with van der Waals surface area (Å²) in [5, 5.41) is 3.10. The second-order valence-electron chi connectivity index (χ2n) is 3.85. The number of nitrogen functional groups attached to an aromatic ring is 1. The molecule has 0 unspecified atom stereocenters. The molecule has 0 saturated carbocycles. The van der Waals surface area contributed by atoms with Crippen LogP contribution < -0.4 is 21.3 Å². The Hall–Kier alpha value is -2.50. The van der Waals surface area contributed by atoms with Crippen molar-refractivity contribution in [2.75, 3.05) is 18.2 Å². The van der Waals surface area contributed by atoms with Crippen LogP contribution in [0.2, 0.25) is 0 Å². The Bertz CT molecular complexity index is 676. The van der Waals surface area contributed by atoms with Gasteiger partial charge in [-0.25, -0.2) is 0 Å². The number of carbonyl (C=O) groups is 1. The number of hydrogen-bond donors (Lipinski definition) is 3. The number of ether oxygens (including phenoxy) is 1. The number of pyridine rings is 1. The molecule has 0 aliphatic carbocycles. The van der Waals surface area contributed by atoms with Gasteiger partial charge in [0, 0.05) is 18.0 Å². The summed E-state index contributed by atoms with van der Waals surface area (Å²) in [6.45, 7) is 1.32. The van der Waals surface area contributed by atoms with E-state index in [1.54, 1.807) is 18.2 Å². The number of H-pyrrole nitrogens is 1. The molecule has 0 bridgehead atoms. The maximum Gasteiger partial charge on any atom is 0.276 e. The Kier molecular flexibility index (Phi) is 2.93. The van der Waals surface area contributed by atoms with Gasteiger partial charge in [0.15, 0.2) is 11.4 Å². The Balaban J connectivity index is 2.81. The van der Waals surface area contributed by atoms with Crippen LogP contribution in [-0.2, 0) is 4.79 Å². The minimum Gasteiger partial charge on any atom is -0.494 e. The number of fused-ring (bicyclic) bond motifs is 1. The van der Waals surface area contributed by atoms with Gasteiger partial charge in [0.25, 0.3) is 5.56 Å². The number of amides is 1. The Labute approximate surface area is 103 Å². The molecule has 18 heavy (non-hydrogen) atoms. The van der Waals surface area contributed by atoms with Crippen LogP contribution in [0.4, 0.5) is 11.4 Å². The topological polar surface area (TPSA) is 97.2 Å². The SMILES string of the molecule is COc1c(NC(C)=O)c(=O)[nH]c2ccc(N)cc12. The van der Waals surface area contributed by atoms with Crippen LogP contribution in [-0.4, -0.2) is 18.0 Å². The molecular weight excluding hydrogens is 234 g/mol. The van der Waals surface area contributed by atoms with Gasteiger partial charge in [-0.15, -0.1) is 0 Å². The Morgan fingerprint density at radius 1 is 1.44 bits per heavy atom. The summed E-state index contributed by atoms with van der Waals surface area (Å²) >= 11 is 0. The Morgan fingerprint density at radius 2 is 2.17 bits per heavy atom. The highest BCUT2D eigenvalue weighted by Gasteiger charge is 2.14. The molecule has 0 saturated heterocycles. The standard InChI is InChI=1S/C12H13N3O3/c1-6(16)14-10-11(18-2)8-5-7(13)3-4-9(8)15-12(10)17/h3-5H,13H2,1-2H3,(H,14,16)(H,15,17). The molecule has 94 valence electrons. The van der Waals surface area contributed by atoms with Crippen molar-refractivity contribution in [2.45, 2.75) is 6.92 Å². The lowest BCUT2D eigenvalue weighted by Gasteiger charge is -2.11. The molecule has 2 aromatic rings. The van der Waals surface area contributed by atoms with Gasteiger partial charge in [-0.1, -0.05) is 0 Å². The van der Waals surface area contributed by atoms with Crippen LogP contribution in [0.3, 0.4) is 0 Å². The van der Waals surface area contributed by atoms with Crippen LogP contribution in [0.1, 0.15) is 6.92 Å². The predicted octanol–water partition coefficient (Wildman–Crippen LogP) is 1.08. The second-order valence-corrected chi connectivity index (χ2v) is 3.85. The average molecular weight is 247 g/mol. The van der Waals surface area contributed by atoms with Crippen molar-refractivity contribution in [3.63, 3.8) is 0 Å². The molecule has 1 aromatic carbocycles. The number of methoxy groups -OCH3 is 1. The third-order valence-electron chi connectivity index (χ3n) is 2.50. The lowest BCUT2D eigenvalue weighted by Crippen LogP contribution is -2.18. The van der Waals surface area contributed by atoms with Gasteiger partial charge in [0.05, 0.1) is 12.6 Å². The smallest absolute Gasteiger partial charge is 0.276 e. The molecular formula is C12H13N3O3. The van der Waals surface area contributed by atoms with Gasteiger partial charge in [0.1, 0.15) is 0 Å². The van der Waals surface area contributed by atoms with E-state index in [9.17, 15) is 9.59 Å². The number of rotatable bonds is 2. The van der Waals surface area contributed by atoms with Gasteiger partial charge in [-0.2, -0.15) is 0 Å². The lowest BCUT2D eigenvalue weighted by atomic mass is 10.1. The molecule has 0 fully saturated rings. The third-order valence-corrected chi connectivity index (χ3v) is 2.50. The van der Waals surface area contributed by atoms with E-state index in [0.717, 1.165) is 0 Å². The summed E-state index contributed by atoms with van der Waals surface area (Å²) in [7, 11) is 1.43. The zero-order valence-electron chi connectivity index (χ0n) is 10.0. The van der Waals surface area contributed by atoms with E-state index >= 15 is 0 Å². The molecule has 0 aliphatic heterocycles. The number of nitrogens with two attached hydrogens (primary N) is 1. The molecule has 4 N–H and O–H groups in total. The number of carbonyl (C=O) groups excluding carboxylic acids is 1. The molecule has 6 heteroatoms. The number of benzene rings is 1. The number of aromatic nitrogens is 1. The maximum atomic E-state index is 11.9. The van der Waals surface area contributed by atoms with Gasteiger partial charge in [0.2, 0.25) is 5.91 Å². The lowest BCUT2D eigenvalue weighted by molar-refractivity contribution is -0.114. The summed E-state index contributed by atoms with van der Waals surface area (Å²) in [5.74, 6) is -0.0432. The zero-order chi connectivity index (χ0) is 13.3. The summed E-state index contributed by atoms with van der Waals surface area (Å²) < 4.78 is 5.21. The molecule has 0 aliphatic rings. The normalized spacial score (nSPS) is 10.3. The van der Waals surface area contributed by atoms with Crippen LogP contribution in [0.5, 0.6) is 5.75 Å². The zero-order valence-corrected chi connectivity index (χ0v) is 10.0. The highest BCUT2D eigenvalue weighted by atomic mass is 16.5. The van der Waals surface area contributed by atoms with Crippen LogP contribution >= 0.6 is 0 Å². The van der Waals surface area contributed by atoms with E-state index in [4.69, 9.17) is 10.5 Å². The molecule has 1 heterocycles. The van der Waals surface area contributed by atoms with E-state index in [1.807, 2.05) is 0 Å². The fourth-order valence-corrected chi connectivity index (χ4v) is 1.78. The minimum atomic E-state index is -0.417. The summed E-state index contributed by atoms with van der Waals surface area (Å²) in [6, 6.07) is 5.04. The summed E-state index contributed by atoms with van der Waals surface area (Å²) in [5.41, 5.74) is 6.51. The first kappa shape index (κ1) is 12.0. The highest BCUT2D eigenvalue weighted by molar-refractivity contribution is 5.97. The van der Waals surface area contributed by atoms with Gasteiger partial charge in [-0.05, 0) is 18.2 Å². The third kappa shape index (κ3) is 2.00. The average Bonchev–Trinajstić information content (AvgIpc) is 2.30. The largest absolute Gasteiger partial charge is 0.494 e. The molecule has 1 aromatic heterocycles. The van der Waals surface area contributed by atoms with E-state index in [1.165, 1.54) is 14.0 Å². The molecule has 0 radical (unpaired) electrons. The molecule has 2 rings (SSSR count). The number of aromatic amines is 1. The second kappa shape index (κ2) is 4.40. The van der Waals surface area contributed by atoms with E-state index in [2.05, 4.69) is 10.3 Å². The molecule has 0 atom stereocenters. The summed E-state index contributed by atoms with van der Waals surface area (Å²) in [6.07, 6.45) is 0. The summed E-state index contributed by atoms with van der Waals surface area (Å²) in [4.78, 5) is 25.6. The number of hydrogen-bond acceptors (Lipinski definition) is 4. The van der Waals surface area contributed by atoms with E-state index < -0.39 is 5.56 Å². The fourth-order valence-electron chi connectivity index (χ4n) is 1.78. The quantitative estimate of drug-likeness (QED) is 0.691. The van der Waals surface area contributed by atoms with E-state index in [-0.39, 0.29) is 11.6 Å². The van der Waals surface area contributed by atoms with Crippen molar-refractivity contribution in [3.05, 3.63) is 28.6 Å². The first-order chi connectivity index (χ1) is 8.52. The molecule has 0 spiro atoms. The van der Waals surface area contributed by atoms with Crippen LogP contribution in [0.15, 0.2) is 23.0 Å². The van der Waals surface area contributed by atoms with Crippen LogP contribution in [0.25, 0.3) is 10.9 Å². The predicted molar refractivity (Wildman–Crippen MR) is 69.8 cm³/mol. The first-order valence-corrected chi connectivity index (χ1v) is 5.30. The van der Waals surface area contributed by atoms with Crippen molar-refractivity contribution in [1.29, 1.82) is 0 Å². The van der Waals surface area contributed by atoms with Crippen molar-refractivity contribution >= 4 is 28.2 Å². The van der Waals surface area contributed by atoms with Crippen molar-refractivity contribution in [1.82, 2.24) is 4.98 Å². The maximum absolute atomic E-state index is 11.9. The molecule has 1 amide bonds. The number of nitrogens with one attached hydrogen (secondary N) is 2. The minimum absolute atomic E-state index is 0.0862. The molecule has 6 nitrogen and oxygen atoms in total. The van der Waals surface area contributed by atoms with E-state index in [0.29, 0.717) is 22.3 Å².